The average molecular weight is 271 g/mol. The van der Waals surface area contributed by atoms with Gasteiger partial charge in [-0.3, -0.25) is 4.79 Å². The van der Waals surface area contributed by atoms with Crippen molar-refractivity contribution in [2.75, 3.05) is 0 Å². The van der Waals surface area contributed by atoms with E-state index in [1.807, 2.05) is 30.3 Å². The average Bonchev–Trinajstić information content (AvgIpc) is 2.45. The predicted octanol–water partition coefficient (Wildman–Crippen LogP) is 4.66. The van der Waals surface area contributed by atoms with Gasteiger partial charge in [0.1, 0.15) is 5.69 Å². The van der Waals surface area contributed by atoms with Gasteiger partial charge in [-0.1, -0.05) is 54.1 Å². The Hall–Kier alpha value is -2.26. The summed E-state index contributed by atoms with van der Waals surface area (Å²) in [6.45, 7) is 0. The Morgan fingerprint density at radius 3 is 2.42 bits per heavy atom. The zero-order valence-electron chi connectivity index (χ0n) is 10.0. The number of carbonyl (C=O) groups excluding carboxylic acids is 1. The van der Waals surface area contributed by atoms with Crippen LogP contribution in [0.4, 0.5) is 5.69 Å². The standard InChI is InChI=1S/C15H11ClN2O/c16-13-8-4-5-9-14(13)17-18-15(19)11-10-12-6-2-1-3-7-12/h1-11H/b11-10+,18-17?. The van der Waals surface area contributed by atoms with Crippen molar-refractivity contribution >= 4 is 29.3 Å². The molecule has 0 heterocycles. The molecule has 0 aliphatic carbocycles. The number of amides is 1. The second-order valence-electron chi connectivity index (χ2n) is 3.73. The van der Waals surface area contributed by atoms with Gasteiger partial charge in [-0.2, -0.15) is 0 Å². The lowest BCUT2D eigenvalue weighted by Gasteiger charge is -1.93. The van der Waals surface area contributed by atoms with E-state index in [1.165, 1.54) is 6.08 Å². The number of carbonyl (C=O) groups is 1. The van der Waals surface area contributed by atoms with Gasteiger partial charge in [-0.05, 0) is 23.8 Å². The van der Waals surface area contributed by atoms with Crippen molar-refractivity contribution in [2.45, 2.75) is 0 Å². The van der Waals surface area contributed by atoms with Gasteiger partial charge in [0, 0.05) is 6.08 Å². The molecule has 94 valence electrons. The van der Waals surface area contributed by atoms with Crippen molar-refractivity contribution in [1.82, 2.24) is 0 Å². The summed E-state index contributed by atoms with van der Waals surface area (Å²) in [7, 11) is 0. The minimum absolute atomic E-state index is 0.427. The Morgan fingerprint density at radius 1 is 1.00 bits per heavy atom. The third-order valence-corrected chi connectivity index (χ3v) is 2.65. The molecular formula is C15H11ClN2O. The lowest BCUT2D eigenvalue weighted by atomic mass is 10.2. The van der Waals surface area contributed by atoms with Crippen molar-refractivity contribution < 1.29 is 4.79 Å². The van der Waals surface area contributed by atoms with Gasteiger partial charge in [-0.25, -0.2) is 0 Å². The summed E-state index contributed by atoms with van der Waals surface area (Å²) in [5.74, 6) is -0.427. The fourth-order valence-electron chi connectivity index (χ4n) is 1.40. The Balaban J connectivity index is 2.02. The fraction of sp³-hybridized carbons (Fsp3) is 0. The fourth-order valence-corrected chi connectivity index (χ4v) is 1.57. The molecule has 19 heavy (non-hydrogen) atoms. The van der Waals surface area contributed by atoms with Gasteiger partial charge in [-0.15, -0.1) is 10.2 Å². The number of halogens is 1. The Bertz CT molecular complexity index is 621. The first-order valence-corrected chi connectivity index (χ1v) is 6.07. The summed E-state index contributed by atoms with van der Waals surface area (Å²) in [5.41, 5.74) is 1.41. The topological polar surface area (TPSA) is 41.8 Å². The third-order valence-electron chi connectivity index (χ3n) is 2.33. The van der Waals surface area contributed by atoms with Crippen LogP contribution in [0.5, 0.6) is 0 Å². The molecule has 1 amide bonds. The molecule has 4 heteroatoms. The van der Waals surface area contributed by atoms with E-state index in [4.69, 9.17) is 11.6 Å². The second-order valence-corrected chi connectivity index (χ2v) is 4.14. The van der Waals surface area contributed by atoms with Gasteiger partial charge in [0.15, 0.2) is 0 Å². The van der Waals surface area contributed by atoms with Crippen molar-refractivity contribution in [3.63, 3.8) is 0 Å². The number of azo groups is 1. The molecule has 2 aromatic rings. The normalized spacial score (nSPS) is 11.2. The van der Waals surface area contributed by atoms with Crippen LogP contribution in [0, 0.1) is 0 Å². The summed E-state index contributed by atoms with van der Waals surface area (Å²) in [5, 5.41) is 7.86. The van der Waals surface area contributed by atoms with E-state index in [-0.39, 0.29) is 0 Å². The summed E-state index contributed by atoms with van der Waals surface area (Å²) in [6, 6.07) is 16.5. The van der Waals surface area contributed by atoms with Crippen LogP contribution in [-0.2, 0) is 4.79 Å². The number of hydrogen-bond donors (Lipinski definition) is 0. The molecule has 0 N–H and O–H groups in total. The molecule has 0 aliphatic heterocycles. The third kappa shape index (κ3) is 4.16. The number of benzene rings is 2. The van der Waals surface area contributed by atoms with E-state index >= 15 is 0 Å². The highest BCUT2D eigenvalue weighted by Crippen LogP contribution is 2.23. The first kappa shape index (κ1) is 13.2. The molecule has 0 saturated heterocycles. The Morgan fingerprint density at radius 2 is 1.68 bits per heavy atom. The van der Waals surface area contributed by atoms with Gasteiger partial charge < -0.3 is 0 Å². The molecule has 3 nitrogen and oxygen atoms in total. The minimum atomic E-state index is -0.427. The molecule has 0 saturated carbocycles. The molecule has 0 unspecified atom stereocenters. The second kappa shape index (κ2) is 6.61. The van der Waals surface area contributed by atoms with Crippen LogP contribution < -0.4 is 0 Å². The van der Waals surface area contributed by atoms with E-state index in [2.05, 4.69) is 10.2 Å². The quantitative estimate of drug-likeness (QED) is 0.590. The first-order chi connectivity index (χ1) is 9.25. The lowest BCUT2D eigenvalue weighted by Crippen LogP contribution is -1.83. The van der Waals surface area contributed by atoms with Crippen molar-refractivity contribution in [1.29, 1.82) is 0 Å². The maximum absolute atomic E-state index is 11.5. The van der Waals surface area contributed by atoms with Gasteiger partial charge in [0.2, 0.25) is 0 Å². The predicted molar refractivity (Wildman–Crippen MR) is 76.5 cm³/mol. The maximum atomic E-state index is 11.5. The van der Waals surface area contributed by atoms with Crippen LogP contribution in [-0.4, -0.2) is 5.91 Å². The van der Waals surface area contributed by atoms with E-state index in [1.54, 1.807) is 30.3 Å². The van der Waals surface area contributed by atoms with Crippen LogP contribution in [0.25, 0.3) is 6.08 Å². The summed E-state index contributed by atoms with van der Waals surface area (Å²) in [6.07, 6.45) is 3.06. The molecule has 0 fully saturated rings. The Labute approximate surface area is 116 Å². The van der Waals surface area contributed by atoms with Crippen LogP contribution in [0.1, 0.15) is 5.56 Å². The zero-order valence-corrected chi connectivity index (χ0v) is 10.8. The molecule has 0 aliphatic rings. The molecule has 0 radical (unpaired) electrons. The minimum Gasteiger partial charge on any atom is -0.266 e. The van der Waals surface area contributed by atoms with E-state index in [0.717, 1.165) is 5.56 Å². The monoisotopic (exact) mass is 270 g/mol. The molecular weight excluding hydrogens is 260 g/mol. The largest absolute Gasteiger partial charge is 0.288 e. The molecule has 0 bridgehead atoms. The maximum Gasteiger partial charge on any atom is 0.288 e. The highest BCUT2D eigenvalue weighted by Gasteiger charge is 1.97. The SMILES string of the molecule is O=C(/C=C/c1ccccc1)N=Nc1ccccc1Cl. The number of nitrogens with zero attached hydrogens (tertiary/aromatic N) is 2. The van der Waals surface area contributed by atoms with E-state index in [0.29, 0.717) is 10.7 Å². The van der Waals surface area contributed by atoms with Crippen molar-refractivity contribution in [2.24, 2.45) is 10.2 Å². The molecule has 0 atom stereocenters. The van der Waals surface area contributed by atoms with Crippen LogP contribution in [0.15, 0.2) is 70.9 Å². The molecule has 0 spiro atoms. The smallest absolute Gasteiger partial charge is 0.266 e. The highest BCUT2D eigenvalue weighted by molar-refractivity contribution is 6.32. The van der Waals surface area contributed by atoms with Gasteiger partial charge >= 0.3 is 0 Å². The number of rotatable bonds is 3. The van der Waals surface area contributed by atoms with Crippen LogP contribution in [0.3, 0.4) is 0 Å². The zero-order chi connectivity index (χ0) is 13.5. The molecule has 2 rings (SSSR count). The first-order valence-electron chi connectivity index (χ1n) is 5.69. The van der Waals surface area contributed by atoms with E-state index in [9.17, 15) is 4.79 Å². The number of hydrogen-bond acceptors (Lipinski definition) is 2. The highest BCUT2D eigenvalue weighted by atomic mass is 35.5. The molecule has 0 aromatic heterocycles. The van der Waals surface area contributed by atoms with Gasteiger partial charge in [0.25, 0.3) is 5.91 Å². The van der Waals surface area contributed by atoms with Crippen molar-refractivity contribution in [3.8, 4) is 0 Å². The van der Waals surface area contributed by atoms with Gasteiger partial charge in [0.05, 0.1) is 5.02 Å². The van der Waals surface area contributed by atoms with E-state index < -0.39 is 5.91 Å². The Kier molecular flexibility index (Phi) is 4.59. The van der Waals surface area contributed by atoms with Crippen molar-refractivity contribution in [3.05, 3.63) is 71.3 Å². The summed E-state index contributed by atoms with van der Waals surface area (Å²) < 4.78 is 0. The lowest BCUT2D eigenvalue weighted by molar-refractivity contribution is -0.113. The van der Waals surface area contributed by atoms with Crippen LogP contribution in [0.2, 0.25) is 5.02 Å². The van der Waals surface area contributed by atoms with Crippen LogP contribution >= 0.6 is 11.6 Å². The summed E-state index contributed by atoms with van der Waals surface area (Å²) in [4.78, 5) is 11.5. The molecule has 2 aromatic carbocycles. The summed E-state index contributed by atoms with van der Waals surface area (Å²) >= 11 is 5.90.